The molecule has 0 aliphatic rings. The Morgan fingerprint density at radius 3 is 1.93 bits per heavy atom. The first kappa shape index (κ1) is 26.2. The molecule has 0 aliphatic heterocycles. The predicted molar refractivity (Wildman–Crippen MR) is 105 cm³/mol. The van der Waals surface area contributed by atoms with Gasteiger partial charge in [0, 0.05) is 39.0 Å². The van der Waals surface area contributed by atoms with Gasteiger partial charge in [0.15, 0.2) is 5.78 Å². The van der Waals surface area contributed by atoms with Crippen molar-refractivity contribution >= 4 is 23.4 Å². The Morgan fingerprint density at radius 2 is 1.39 bits per heavy atom. The third-order valence-electron chi connectivity index (χ3n) is 3.77. The predicted octanol–water partition coefficient (Wildman–Crippen LogP) is -0.0315. The van der Waals surface area contributed by atoms with E-state index < -0.39 is 11.9 Å². The molecule has 1 unspecified atom stereocenters. The van der Waals surface area contributed by atoms with Crippen LogP contribution in [0.5, 0.6) is 0 Å². The molecule has 2 amide bonds. The molecular formula is C19H35N3O6. The Morgan fingerprint density at radius 1 is 0.821 bits per heavy atom. The van der Waals surface area contributed by atoms with E-state index in [1.807, 2.05) is 7.05 Å². The number of rotatable bonds is 18. The Bertz CT molecular complexity index is 484. The summed E-state index contributed by atoms with van der Waals surface area (Å²) in [6.07, 6.45) is 1.59. The minimum Gasteiger partial charge on any atom is -0.379 e. The standard InChI is InChI=1S/C19H35N3O6/c1-15(23)14-17(16(2)24)22-19(26)7-6-18(25)21-9-5-11-28-13-12-27-10-4-8-20-3/h17,20H,4-14H2,1-3H3,(H,21,25)(H,22,26). The Hall–Kier alpha value is -1.84. The van der Waals surface area contributed by atoms with E-state index in [1.54, 1.807) is 0 Å². The zero-order valence-electron chi connectivity index (χ0n) is 17.3. The average molecular weight is 402 g/mol. The van der Waals surface area contributed by atoms with Gasteiger partial charge < -0.3 is 25.4 Å². The van der Waals surface area contributed by atoms with Gasteiger partial charge in [0.1, 0.15) is 5.78 Å². The largest absolute Gasteiger partial charge is 0.379 e. The van der Waals surface area contributed by atoms with Gasteiger partial charge >= 0.3 is 0 Å². The number of amides is 2. The Balaban J connectivity index is 3.65. The number of ether oxygens (including phenoxy) is 2. The number of hydrogen-bond donors (Lipinski definition) is 3. The molecule has 0 saturated heterocycles. The molecule has 0 spiro atoms. The normalized spacial score (nSPS) is 11.7. The van der Waals surface area contributed by atoms with E-state index in [2.05, 4.69) is 16.0 Å². The van der Waals surface area contributed by atoms with E-state index in [4.69, 9.17) is 9.47 Å². The van der Waals surface area contributed by atoms with E-state index in [1.165, 1.54) is 13.8 Å². The highest BCUT2D eigenvalue weighted by Crippen LogP contribution is 1.98. The van der Waals surface area contributed by atoms with Crippen LogP contribution in [-0.4, -0.2) is 76.0 Å². The summed E-state index contributed by atoms with van der Waals surface area (Å²) >= 11 is 0. The Kier molecular flexibility index (Phi) is 16.1. The van der Waals surface area contributed by atoms with Crippen LogP contribution in [0.1, 0.15) is 46.0 Å². The van der Waals surface area contributed by atoms with Crippen molar-refractivity contribution in [1.29, 1.82) is 0 Å². The summed E-state index contributed by atoms with van der Waals surface area (Å²) in [6.45, 7) is 6.36. The maximum absolute atomic E-state index is 11.8. The SMILES string of the molecule is CNCCCOCCOCCCNC(=O)CCC(=O)NC(CC(C)=O)C(C)=O. The fourth-order valence-electron chi connectivity index (χ4n) is 2.24. The zero-order chi connectivity index (χ0) is 21.2. The fourth-order valence-corrected chi connectivity index (χ4v) is 2.24. The van der Waals surface area contributed by atoms with Gasteiger partial charge in [0.25, 0.3) is 0 Å². The van der Waals surface area contributed by atoms with Crippen molar-refractivity contribution in [3.8, 4) is 0 Å². The highest BCUT2D eigenvalue weighted by atomic mass is 16.5. The highest BCUT2D eigenvalue weighted by Gasteiger charge is 2.19. The molecule has 0 aromatic rings. The molecule has 0 heterocycles. The number of carbonyl (C=O) groups excluding carboxylic acids is 4. The monoisotopic (exact) mass is 401 g/mol. The molecule has 162 valence electrons. The van der Waals surface area contributed by atoms with E-state index in [9.17, 15) is 19.2 Å². The van der Waals surface area contributed by atoms with Gasteiger partial charge in [0.2, 0.25) is 11.8 Å². The molecule has 0 saturated carbocycles. The van der Waals surface area contributed by atoms with Gasteiger partial charge in [-0.25, -0.2) is 0 Å². The van der Waals surface area contributed by atoms with Crippen LogP contribution < -0.4 is 16.0 Å². The van der Waals surface area contributed by atoms with Gasteiger partial charge in [0.05, 0.1) is 19.3 Å². The minimum atomic E-state index is -0.822. The first-order chi connectivity index (χ1) is 13.4. The first-order valence-corrected chi connectivity index (χ1v) is 9.72. The number of Topliss-reactive ketones (excluding diaryl/α,β-unsaturated/α-hetero) is 2. The molecule has 0 rings (SSSR count). The summed E-state index contributed by atoms with van der Waals surface area (Å²) in [4.78, 5) is 46.1. The lowest BCUT2D eigenvalue weighted by Crippen LogP contribution is -2.41. The van der Waals surface area contributed by atoms with Crippen molar-refractivity contribution in [3.63, 3.8) is 0 Å². The lowest BCUT2D eigenvalue weighted by atomic mass is 10.1. The summed E-state index contributed by atoms with van der Waals surface area (Å²) < 4.78 is 10.8. The smallest absolute Gasteiger partial charge is 0.221 e. The van der Waals surface area contributed by atoms with E-state index >= 15 is 0 Å². The highest BCUT2D eigenvalue weighted by molar-refractivity contribution is 5.92. The molecule has 0 fully saturated rings. The fraction of sp³-hybridized carbons (Fsp3) is 0.789. The van der Waals surface area contributed by atoms with Crippen molar-refractivity contribution in [2.75, 3.05) is 46.6 Å². The van der Waals surface area contributed by atoms with Crippen molar-refractivity contribution in [2.45, 2.75) is 52.0 Å². The van der Waals surface area contributed by atoms with Crippen molar-refractivity contribution in [2.24, 2.45) is 0 Å². The van der Waals surface area contributed by atoms with Crippen molar-refractivity contribution in [3.05, 3.63) is 0 Å². The summed E-state index contributed by atoms with van der Waals surface area (Å²) in [5.41, 5.74) is 0. The molecule has 0 aliphatic carbocycles. The molecule has 28 heavy (non-hydrogen) atoms. The van der Waals surface area contributed by atoms with Crippen LogP contribution in [0.2, 0.25) is 0 Å². The second kappa shape index (κ2) is 17.3. The van der Waals surface area contributed by atoms with Gasteiger partial charge in [-0.2, -0.15) is 0 Å². The van der Waals surface area contributed by atoms with Crippen LogP contribution in [-0.2, 0) is 28.7 Å². The minimum absolute atomic E-state index is 0.0256. The number of ketones is 2. The summed E-state index contributed by atoms with van der Waals surface area (Å²) in [6, 6.07) is -0.822. The first-order valence-electron chi connectivity index (χ1n) is 9.72. The van der Waals surface area contributed by atoms with Gasteiger partial charge in [-0.3, -0.25) is 19.2 Å². The van der Waals surface area contributed by atoms with Crippen LogP contribution in [0.25, 0.3) is 0 Å². The van der Waals surface area contributed by atoms with Crippen LogP contribution in [0.3, 0.4) is 0 Å². The second-order valence-electron chi connectivity index (χ2n) is 6.52. The topological polar surface area (TPSA) is 123 Å². The maximum Gasteiger partial charge on any atom is 0.221 e. The average Bonchev–Trinajstić information content (AvgIpc) is 2.63. The Labute approximate surface area is 167 Å². The van der Waals surface area contributed by atoms with E-state index in [-0.39, 0.29) is 36.7 Å². The van der Waals surface area contributed by atoms with E-state index in [0.29, 0.717) is 39.4 Å². The molecule has 0 aromatic carbocycles. The molecule has 9 nitrogen and oxygen atoms in total. The third kappa shape index (κ3) is 16.3. The quantitative estimate of drug-likeness (QED) is 0.276. The van der Waals surface area contributed by atoms with Gasteiger partial charge in [-0.05, 0) is 40.3 Å². The lowest BCUT2D eigenvalue weighted by Gasteiger charge is -2.14. The van der Waals surface area contributed by atoms with Gasteiger partial charge in [-0.15, -0.1) is 0 Å². The van der Waals surface area contributed by atoms with Crippen LogP contribution >= 0.6 is 0 Å². The van der Waals surface area contributed by atoms with Crippen LogP contribution in [0.15, 0.2) is 0 Å². The zero-order valence-corrected chi connectivity index (χ0v) is 17.3. The molecule has 0 aromatic heterocycles. The maximum atomic E-state index is 11.8. The second-order valence-corrected chi connectivity index (χ2v) is 6.52. The molecule has 9 heteroatoms. The number of nitrogens with one attached hydrogen (secondary N) is 3. The third-order valence-corrected chi connectivity index (χ3v) is 3.77. The van der Waals surface area contributed by atoms with Crippen LogP contribution in [0.4, 0.5) is 0 Å². The number of carbonyl (C=O) groups is 4. The molecular weight excluding hydrogens is 366 g/mol. The van der Waals surface area contributed by atoms with Crippen molar-refractivity contribution in [1.82, 2.24) is 16.0 Å². The molecule has 0 bridgehead atoms. The lowest BCUT2D eigenvalue weighted by molar-refractivity contribution is -0.130. The summed E-state index contributed by atoms with van der Waals surface area (Å²) in [5.74, 6) is -1.12. The summed E-state index contributed by atoms with van der Waals surface area (Å²) in [5, 5.41) is 8.25. The van der Waals surface area contributed by atoms with Crippen molar-refractivity contribution < 1.29 is 28.7 Å². The van der Waals surface area contributed by atoms with Gasteiger partial charge in [-0.1, -0.05) is 0 Å². The molecule has 3 N–H and O–H groups in total. The molecule has 1 atom stereocenters. The summed E-state index contributed by atoms with van der Waals surface area (Å²) in [7, 11) is 1.90. The van der Waals surface area contributed by atoms with Crippen LogP contribution in [0, 0.1) is 0 Å². The molecule has 0 radical (unpaired) electrons. The van der Waals surface area contributed by atoms with E-state index in [0.717, 1.165) is 13.0 Å². The number of hydrogen-bond acceptors (Lipinski definition) is 7.